The first-order valence-electron chi connectivity index (χ1n) is 7.89. The summed E-state index contributed by atoms with van der Waals surface area (Å²) < 4.78 is 1.06. The summed E-state index contributed by atoms with van der Waals surface area (Å²) >= 11 is 0.139. The molecule has 0 radical (unpaired) electrons. The van der Waals surface area contributed by atoms with Crippen LogP contribution in [0.4, 0.5) is 0 Å². The molecule has 116 valence electrons. The monoisotopic (exact) mass is 360 g/mol. The van der Waals surface area contributed by atoms with Gasteiger partial charge in [-0.1, -0.05) is 0 Å². The Kier molecular flexibility index (Phi) is 5.99. The second-order valence-corrected chi connectivity index (χ2v) is 9.00. The van der Waals surface area contributed by atoms with Crippen LogP contribution in [0.1, 0.15) is 32.8 Å². The molecule has 0 aliphatic rings. The quantitative estimate of drug-likeness (QED) is 0.682. The molecule has 1 nitrogen and oxygen atoms in total. The molecule has 0 aliphatic heterocycles. The van der Waals surface area contributed by atoms with Crippen molar-refractivity contribution in [3.63, 3.8) is 0 Å². The van der Waals surface area contributed by atoms with Crippen LogP contribution in [0.3, 0.4) is 0 Å². The summed E-state index contributed by atoms with van der Waals surface area (Å²) in [6, 6.07) is 20.9. The van der Waals surface area contributed by atoms with E-state index in [4.69, 9.17) is 0 Å². The predicted molar refractivity (Wildman–Crippen MR) is 94.8 cm³/mol. The average Bonchev–Trinajstić information content (AvgIpc) is 2.55. The van der Waals surface area contributed by atoms with Crippen LogP contribution in [0.2, 0.25) is 4.31 Å². The van der Waals surface area contributed by atoms with Crippen molar-refractivity contribution < 1.29 is 4.79 Å². The second-order valence-electron chi connectivity index (χ2n) is 5.94. The summed E-state index contributed by atoms with van der Waals surface area (Å²) in [6.45, 7) is 6.21. The third-order valence-electron chi connectivity index (χ3n) is 3.93. The molecule has 2 aromatic carbocycles. The molecular formula is C20H24OSe. The van der Waals surface area contributed by atoms with Gasteiger partial charge in [0.15, 0.2) is 0 Å². The van der Waals surface area contributed by atoms with Crippen LogP contribution in [0.15, 0.2) is 60.7 Å². The molecule has 0 heterocycles. The molecule has 0 spiro atoms. The first-order chi connectivity index (χ1) is 10.6. The zero-order chi connectivity index (χ0) is 16.0. The van der Waals surface area contributed by atoms with Crippen LogP contribution < -0.4 is 4.46 Å². The molecule has 0 saturated heterocycles. The molecule has 0 amide bonds. The normalized spacial score (nSPS) is 13.8. The maximum absolute atomic E-state index is 13.0. The van der Waals surface area contributed by atoms with E-state index >= 15 is 0 Å². The third-order valence-corrected chi connectivity index (χ3v) is 7.15. The number of hydrogen-bond donors (Lipinski definition) is 0. The van der Waals surface area contributed by atoms with E-state index in [9.17, 15) is 4.79 Å². The Balaban J connectivity index is 2.36. The van der Waals surface area contributed by atoms with Gasteiger partial charge in [-0.2, -0.15) is 0 Å². The molecule has 0 aliphatic carbocycles. The molecule has 22 heavy (non-hydrogen) atoms. The van der Waals surface area contributed by atoms with E-state index in [0.717, 1.165) is 12.8 Å². The van der Waals surface area contributed by atoms with E-state index in [1.165, 1.54) is 10.0 Å². The van der Waals surface area contributed by atoms with Gasteiger partial charge >= 0.3 is 140 Å². The zero-order valence-electron chi connectivity index (χ0n) is 13.6. The number of carbonyl (C=O) groups is 1. The molecule has 2 aromatic rings. The van der Waals surface area contributed by atoms with Gasteiger partial charge in [0.2, 0.25) is 0 Å². The molecule has 0 fully saturated rings. The molecule has 0 N–H and O–H groups in total. The Morgan fingerprint density at radius 2 is 1.55 bits per heavy atom. The number of ketones is 1. The van der Waals surface area contributed by atoms with Gasteiger partial charge in [0.1, 0.15) is 0 Å². The Hall–Kier alpha value is -1.37. The van der Waals surface area contributed by atoms with Crippen molar-refractivity contribution >= 4 is 25.2 Å². The molecule has 0 saturated carbocycles. The van der Waals surface area contributed by atoms with Gasteiger partial charge in [-0.05, 0) is 0 Å². The number of carbonyl (C=O) groups excluding carboxylic acids is 1. The van der Waals surface area contributed by atoms with Gasteiger partial charge < -0.3 is 0 Å². The minimum atomic E-state index is -0.246. The van der Waals surface area contributed by atoms with Crippen molar-refractivity contribution in [2.24, 2.45) is 5.92 Å². The first kappa shape index (κ1) is 17.0. The molecule has 2 rings (SSSR count). The predicted octanol–water partition coefficient (Wildman–Crippen LogP) is 4.05. The van der Waals surface area contributed by atoms with Crippen molar-refractivity contribution in [2.45, 2.75) is 37.9 Å². The Morgan fingerprint density at radius 1 is 1.00 bits per heavy atom. The fourth-order valence-electron chi connectivity index (χ4n) is 2.71. The van der Waals surface area contributed by atoms with E-state index in [2.05, 4.69) is 55.5 Å². The van der Waals surface area contributed by atoms with Crippen LogP contribution in [-0.2, 0) is 11.2 Å². The molecule has 1 atom stereocenters. The minimum absolute atomic E-state index is 0.0780. The van der Waals surface area contributed by atoms with Gasteiger partial charge in [0.05, 0.1) is 0 Å². The summed E-state index contributed by atoms with van der Waals surface area (Å²) in [7, 11) is 0. The van der Waals surface area contributed by atoms with Gasteiger partial charge in [-0.15, -0.1) is 0 Å². The SMILES string of the molecule is CCC(Cc1ccccc1)([Se]c1ccccc1)C(=O)C(C)C. The number of hydrogen-bond acceptors (Lipinski definition) is 1. The van der Waals surface area contributed by atoms with Crippen molar-refractivity contribution in [3.05, 3.63) is 66.2 Å². The van der Waals surface area contributed by atoms with Gasteiger partial charge in [-0.3, -0.25) is 0 Å². The summed E-state index contributed by atoms with van der Waals surface area (Å²) in [6.07, 6.45) is 1.74. The topological polar surface area (TPSA) is 17.1 Å². The molecule has 2 heteroatoms. The number of rotatable bonds is 7. The van der Waals surface area contributed by atoms with Crippen LogP contribution in [0, 0.1) is 5.92 Å². The molecular weight excluding hydrogens is 335 g/mol. The number of Topliss-reactive ketones (excluding diaryl/α,β-unsaturated/α-hetero) is 1. The summed E-state index contributed by atoms with van der Waals surface area (Å²) in [4.78, 5) is 13.0. The summed E-state index contributed by atoms with van der Waals surface area (Å²) in [5.74, 6) is 0.483. The molecule has 1 unspecified atom stereocenters. The molecule has 0 bridgehead atoms. The summed E-state index contributed by atoms with van der Waals surface area (Å²) in [5.41, 5.74) is 1.26. The van der Waals surface area contributed by atoms with Crippen molar-refractivity contribution in [3.8, 4) is 0 Å². The van der Waals surface area contributed by atoms with Crippen LogP contribution in [0.25, 0.3) is 0 Å². The average molecular weight is 359 g/mol. The standard InChI is InChI=1S/C20H24OSe/c1-4-20(19(21)16(2)3,15-17-11-7-5-8-12-17)22-18-13-9-6-10-14-18/h5-14,16H,4,15H2,1-3H3. The fraction of sp³-hybridized carbons (Fsp3) is 0.350. The second kappa shape index (κ2) is 7.76. The van der Waals surface area contributed by atoms with E-state index in [1.54, 1.807) is 0 Å². The van der Waals surface area contributed by atoms with Crippen LogP contribution in [0.5, 0.6) is 0 Å². The van der Waals surface area contributed by atoms with E-state index in [1.807, 2.05) is 26.0 Å². The molecule has 0 aromatic heterocycles. The maximum atomic E-state index is 13.0. The summed E-state index contributed by atoms with van der Waals surface area (Å²) in [5, 5.41) is 0. The zero-order valence-corrected chi connectivity index (χ0v) is 15.3. The van der Waals surface area contributed by atoms with Crippen LogP contribution >= 0.6 is 0 Å². The van der Waals surface area contributed by atoms with Crippen molar-refractivity contribution in [2.75, 3.05) is 0 Å². The fourth-order valence-corrected chi connectivity index (χ4v) is 5.78. The Labute approximate surface area is 140 Å². The number of benzene rings is 2. The van der Waals surface area contributed by atoms with E-state index in [-0.39, 0.29) is 25.2 Å². The van der Waals surface area contributed by atoms with Gasteiger partial charge in [-0.25, -0.2) is 0 Å². The first-order valence-corrected chi connectivity index (χ1v) is 9.61. The van der Waals surface area contributed by atoms with Gasteiger partial charge in [0.25, 0.3) is 0 Å². The van der Waals surface area contributed by atoms with Crippen molar-refractivity contribution in [1.29, 1.82) is 0 Å². The van der Waals surface area contributed by atoms with Gasteiger partial charge in [0, 0.05) is 0 Å². The van der Waals surface area contributed by atoms with Crippen LogP contribution in [-0.4, -0.2) is 20.7 Å². The third kappa shape index (κ3) is 4.09. The van der Waals surface area contributed by atoms with E-state index < -0.39 is 0 Å². The van der Waals surface area contributed by atoms with Crippen molar-refractivity contribution in [1.82, 2.24) is 0 Å². The van der Waals surface area contributed by atoms with E-state index in [0.29, 0.717) is 5.78 Å². The Morgan fingerprint density at radius 3 is 2.05 bits per heavy atom. The Bertz CT molecular complexity index is 548.